The summed E-state index contributed by atoms with van der Waals surface area (Å²) >= 11 is 12.1. The number of nitrogens with zero attached hydrogens (tertiary/aromatic N) is 1. The minimum atomic E-state index is -4.11. The fourth-order valence-corrected chi connectivity index (χ4v) is 5.63. The first-order valence-corrected chi connectivity index (χ1v) is 14.5. The summed E-state index contributed by atoms with van der Waals surface area (Å²) in [5, 5.41) is 3.15. The van der Waals surface area contributed by atoms with Crippen LogP contribution in [-0.2, 0) is 24.7 Å². The van der Waals surface area contributed by atoms with Gasteiger partial charge in [-0.25, -0.2) is 16.8 Å². The maximum absolute atomic E-state index is 13.5. The van der Waals surface area contributed by atoms with E-state index in [0.717, 1.165) is 16.1 Å². The summed E-state index contributed by atoms with van der Waals surface area (Å²) in [4.78, 5) is 13.1. The second-order valence-corrected chi connectivity index (χ2v) is 12.7. The van der Waals surface area contributed by atoms with Gasteiger partial charge in [-0.05, 0) is 61.9 Å². The molecule has 0 spiro atoms. The lowest BCUT2D eigenvalue weighted by molar-refractivity contribution is -0.120. The number of carbonyl (C=O) groups excluding carboxylic acids is 1. The first kappa shape index (κ1) is 27.0. The van der Waals surface area contributed by atoms with Crippen LogP contribution in [0.5, 0.6) is 0 Å². The number of aryl methyl sites for hydroxylation is 1. The average Bonchev–Trinajstić information content (AvgIpc) is 2.79. The van der Waals surface area contributed by atoms with Crippen LogP contribution < -0.4 is 9.62 Å². The van der Waals surface area contributed by atoms with Crippen LogP contribution >= 0.6 is 23.2 Å². The molecule has 0 aliphatic carbocycles. The molecule has 3 rings (SSSR count). The SMILES string of the molecule is Cc1ccc(S(=O)(=O)N(CC(=O)NC(C)c2ccc(S(C)(=O)=O)cc2)c2ccc(Cl)c(Cl)c2)cc1. The summed E-state index contributed by atoms with van der Waals surface area (Å²) in [6.45, 7) is 3.04. The second kappa shape index (κ2) is 10.6. The molecule has 0 saturated heterocycles. The normalized spacial score (nSPS) is 12.7. The molecule has 186 valence electrons. The number of nitrogens with one attached hydrogen (secondary N) is 1. The van der Waals surface area contributed by atoms with Crippen LogP contribution in [0.2, 0.25) is 10.0 Å². The molecule has 0 aliphatic rings. The fourth-order valence-electron chi connectivity index (χ4n) is 3.30. The summed E-state index contributed by atoms with van der Waals surface area (Å²) in [7, 11) is -7.46. The van der Waals surface area contributed by atoms with Gasteiger partial charge in [0, 0.05) is 6.26 Å². The van der Waals surface area contributed by atoms with Gasteiger partial charge in [-0.1, -0.05) is 53.0 Å². The molecular formula is C24H24Cl2N2O5S2. The Labute approximate surface area is 215 Å². The van der Waals surface area contributed by atoms with Gasteiger partial charge >= 0.3 is 0 Å². The van der Waals surface area contributed by atoms with Crippen LogP contribution in [0.3, 0.4) is 0 Å². The summed E-state index contributed by atoms with van der Waals surface area (Å²) in [5.41, 5.74) is 1.73. The van der Waals surface area contributed by atoms with E-state index in [2.05, 4.69) is 5.32 Å². The summed E-state index contributed by atoms with van der Waals surface area (Å²) in [6, 6.07) is 16.2. The van der Waals surface area contributed by atoms with Crippen LogP contribution in [-0.4, -0.2) is 35.5 Å². The molecule has 1 N–H and O–H groups in total. The van der Waals surface area contributed by atoms with E-state index in [1.165, 1.54) is 42.5 Å². The van der Waals surface area contributed by atoms with E-state index in [0.29, 0.717) is 5.56 Å². The van der Waals surface area contributed by atoms with Crippen molar-refractivity contribution in [2.75, 3.05) is 17.1 Å². The molecule has 1 atom stereocenters. The molecule has 3 aromatic carbocycles. The fraction of sp³-hybridized carbons (Fsp3) is 0.208. The predicted octanol–water partition coefficient (Wildman–Crippen LogP) is 4.78. The Morgan fingerprint density at radius 1 is 0.886 bits per heavy atom. The number of benzene rings is 3. The van der Waals surface area contributed by atoms with Gasteiger partial charge in [-0.15, -0.1) is 0 Å². The Bertz CT molecular complexity index is 1440. The zero-order chi connectivity index (χ0) is 26.0. The van der Waals surface area contributed by atoms with Crippen molar-refractivity contribution in [3.05, 3.63) is 87.9 Å². The maximum atomic E-state index is 13.5. The van der Waals surface area contributed by atoms with Crippen molar-refractivity contribution in [2.24, 2.45) is 0 Å². The third-order valence-electron chi connectivity index (χ3n) is 5.27. The molecule has 0 heterocycles. The maximum Gasteiger partial charge on any atom is 0.264 e. The quantitative estimate of drug-likeness (QED) is 0.431. The minimum absolute atomic E-state index is 0.0198. The molecule has 0 fully saturated rings. The summed E-state index contributed by atoms with van der Waals surface area (Å²) < 4.78 is 51.3. The van der Waals surface area contributed by atoms with Crippen molar-refractivity contribution in [3.8, 4) is 0 Å². The van der Waals surface area contributed by atoms with Gasteiger partial charge < -0.3 is 5.32 Å². The molecule has 1 unspecified atom stereocenters. The Morgan fingerprint density at radius 2 is 1.46 bits per heavy atom. The van der Waals surface area contributed by atoms with Crippen molar-refractivity contribution in [1.29, 1.82) is 0 Å². The first-order valence-electron chi connectivity index (χ1n) is 10.4. The van der Waals surface area contributed by atoms with E-state index in [4.69, 9.17) is 23.2 Å². The Hall–Kier alpha value is -2.59. The summed E-state index contributed by atoms with van der Waals surface area (Å²) in [5.74, 6) is -0.563. The Kier molecular flexibility index (Phi) is 8.16. The van der Waals surface area contributed by atoms with Crippen molar-refractivity contribution in [1.82, 2.24) is 5.32 Å². The van der Waals surface area contributed by atoms with Crippen LogP contribution in [0.1, 0.15) is 24.1 Å². The van der Waals surface area contributed by atoms with E-state index in [9.17, 15) is 21.6 Å². The standard InChI is InChI=1S/C24H24Cl2N2O5S2/c1-16-4-9-21(10-5-16)35(32,33)28(19-8-13-22(25)23(26)14-19)15-24(29)27-17(2)18-6-11-20(12-7-18)34(3,30)31/h4-14,17H,15H2,1-3H3,(H,27,29). The van der Waals surface area contributed by atoms with E-state index in [1.807, 2.05) is 6.92 Å². The third kappa shape index (κ3) is 6.55. The molecule has 35 heavy (non-hydrogen) atoms. The van der Waals surface area contributed by atoms with Gasteiger partial charge in [-0.2, -0.15) is 0 Å². The highest BCUT2D eigenvalue weighted by Crippen LogP contribution is 2.30. The number of anilines is 1. The second-order valence-electron chi connectivity index (χ2n) is 8.05. The smallest absolute Gasteiger partial charge is 0.264 e. The number of rotatable bonds is 8. The van der Waals surface area contributed by atoms with Gasteiger partial charge in [0.1, 0.15) is 6.54 Å². The number of hydrogen-bond acceptors (Lipinski definition) is 5. The molecular weight excluding hydrogens is 531 g/mol. The number of hydrogen-bond donors (Lipinski definition) is 1. The molecule has 0 radical (unpaired) electrons. The van der Waals surface area contributed by atoms with Gasteiger partial charge in [0.15, 0.2) is 9.84 Å². The van der Waals surface area contributed by atoms with Gasteiger partial charge in [0.05, 0.1) is 31.6 Å². The van der Waals surface area contributed by atoms with Crippen LogP contribution in [0.15, 0.2) is 76.5 Å². The highest BCUT2D eigenvalue weighted by atomic mass is 35.5. The lowest BCUT2D eigenvalue weighted by Gasteiger charge is -2.25. The van der Waals surface area contributed by atoms with Gasteiger partial charge in [0.25, 0.3) is 10.0 Å². The zero-order valence-corrected chi connectivity index (χ0v) is 22.3. The largest absolute Gasteiger partial charge is 0.348 e. The topological polar surface area (TPSA) is 101 Å². The van der Waals surface area contributed by atoms with Gasteiger partial charge in [0.2, 0.25) is 5.91 Å². The van der Waals surface area contributed by atoms with Crippen molar-refractivity contribution < 1.29 is 21.6 Å². The van der Waals surface area contributed by atoms with Crippen molar-refractivity contribution in [3.63, 3.8) is 0 Å². The van der Waals surface area contributed by atoms with Crippen molar-refractivity contribution in [2.45, 2.75) is 29.7 Å². The molecule has 7 nitrogen and oxygen atoms in total. The van der Waals surface area contributed by atoms with Gasteiger partial charge in [-0.3, -0.25) is 9.10 Å². The van der Waals surface area contributed by atoms with E-state index in [1.54, 1.807) is 31.2 Å². The Morgan fingerprint density at radius 3 is 2.00 bits per heavy atom. The van der Waals surface area contributed by atoms with E-state index >= 15 is 0 Å². The number of halogens is 2. The number of sulfone groups is 1. The first-order chi connectivity index (χ1) is 16.3. The molecule has 3 aromatic rings. The molecule has 11 heteroatoms. The number of sulfonamides is 1. The lowest BCUT2D eigenvalue weighted by Crippen LogP contribution is -2.41. The molecule has 1 amide bonds. The number of amides is 1. The molecule has 0 aliphatic heterocycles. The van der Waals surface area contributed by atoms with Crippen LogP contribution in [0, 0.1) is 6.92 Å². The molecule has 0 aromatic heterocycles. The van der Waals surface area contributed by atoms with E-state index in [-0.39, 0.29) is 25.5 Å². The average molecular weight is 556 g/mol. The molecule has 0 bridgehead atoms. The number of carbonyl (C=O) groups is 1. The highest BCUT2D eigenvalue weighted by Gasteiger charge is 2.28. The molecule has 0 saturated carbocycles. The van der Waals surface area contributed by atoms with E-state index < -0.39 is 38.4 Å². The Balaban J connectivity index is 1.89. The third-order valence-corrected chi connectivity index (χ3v) is 8.93. The summed E-state index contributed by atoms with van der Waals surface area (Å²) in [6.07, 6.45) is 1.11. The minimum Gasteiger partial charge on any atom is -0.348 e. The zero-order valence-electron chi connectivity index (χ0n) is 19.2. The lowest BCUT2D eigenvalue weighted by atomic mass is 10.1. The van der Waals surface area contributed by atoms with Crippen molar-refractivity contribution >= 4 is 54.7 Å². The van der Waals surface area contributed by atoms with Crippen LogP contribution in [0.4, 0.5) is 5.69 Å². The van der Waals surface area contributed by atoms with Crippen LogP contribution in [0.25, 0.3) is 0 Å². The highest BCUT2D eigenvalue weighted by molar-refractivity contribution is 7.93. The predicted molar refractivity (Wildman–Crippen MR) is 138 cm³/mol. The monoisotopic (exact) mass is 554 g/mol.